The van der Waals surface area contributed by atoms with Crippen LogP contribution in [0, 0.1) is 62.6 Å². The second kappa shape index (κ2) is 17.8. The van der Waals surface area contributed by atoms with E-state index >= 15 is 0 Å². The van der Waals surface area contributed by atoms with Gasteiger partial charge in [0.05, 0.1) is 24.7 Å². The van der Waals surface area contributed by atoms with Gasteiger partial charge in [-0.15, -0.1) is 0 Å². The van der Waals surface area contributed by atoms with Crippen LogP contribution in [0.2, 0.25) is 0 Å². The first-order valence-electron chi connectivity index (χ1n) is 24.2. The molecule has 11 N–H and O–H groups in total. The van der Waals surface area contributed by atoms with Gasteiger partial charge in [-0.2, -0.15) is 0 Å². The van der Waals surface area contributed by atoms with Crippen LogP contribution in [0.1, 0.15) is 106 Å². The third kappa shape index (κ3) is 7.40. The molecule has 0 aromatic rings. The number of aliphatic hydroxyl groups excluding tert-OH is 10. The third-order valence-electron chi connectivity index (χ3n) is 20.1. The molecule has 0 spiro atoms. The minimum atomic E-state index is -1.91. The van der Waals surface area contributed by atoms with Gasteiger partial charge in [-0.05, 0) is 128 Å². The van der Waals surface area contributed by atoms with Crippen molar-refractivity contribution in [2.24, 2.45) is 62.6 Å². The fraction of sp³-hybridized carbons (Fsp3) is 0.917. The van der Waals surface area contributed by atoms with E-state index in [9.17, 15) is 65.8 Å². The summed E-state index contributed by atoms with van der Waals surface area (Å²) in [5.74, 6) is -2.04. The van der Waals surface area contributed by atoms with Crippen LogP contribution >= 0.6 is 0 Å². The highest BCUT2D eigenvalue weighted by molar-refractivity contribution is 5.78. The number of carboxylic acids is 1. The highest BCUT2D eigenvalue weighted by Gasteiger charge is 2.73. The number of allylic oxidation sites excluding steroid dienone is 1. The number of aliphatic carboxylic acids is 1. The molecule has 8 aliphatic rings. The smallest absolute Gasteiger partial charge is 0.335 e. The molecule has 376 valence electrons. The van der Waals surface area contributed by atoms with Crippen LogP contribution in [0.25, 0.3) is 0 Å². The quantitative estimate of drug-likeness (QED) is 0.110. The van der Waals surface area contributed by atoms with E-state index in [1.54, 1.807) is 0 Å². The van der Waals surface area contributed by atoms with Gasteiger partial charge in [0.2, 0.25) is 6.29 Å². The Bertz CT molecular complexity index is 1830. The van der Waals surface area contributed by atoms with Crippen LogP contribution in [-0.2, 0) is 33.3 Å². The van der Waals surface area contributed by atoms with Crippen LogP contribution in [0.3, 0.4) is 0 Å². The maximum Gasteiger partial charge on any atom is 0.335 e. The monoisotopic (exact) mass is 941 g/mol. The molecule has 5 aliphatic carbocycles. The van der Waals surface area contributed by atoms with Crippen molar-refractivity contribution in [1.29, 1.82) is 0 Å². The predicted molar refractivity (Wildman–Crippen MR) is 229 cm³/mol. The van der Waals surface area contributed by atoms with Crippen molar-refractivity contribution in [3.8, 4) is 0 Å². The van der Waals surface area contributed by atoms with Crippen molar-refractivity contribution < 1.29 is 89.4 Å². The molecule has 0 aromatic heterocycles. The first kappa shape index (κ1) is 50.5. The molecule has 66 heavy (non-hydrogen) atoms. The van der Waals surface area contributed by atoms with Crippen molar-refractivity contribution >= 4 is 11.9 Å². The maximum atomic E-state index is 14.7. The van der Waals surface area contributed by atoms with Gasteiger partial charge in [0, 0.05) is 0 Å². The zero-order valence-electron chi connectivity index (χ0n) is 39.1. The van der Waals surface area contributed by atoms with E-state index in [1.807, 2.05) is 6.92 Å². The number of rotatable bonds is 9. The molecule has 25 atom stereocenters. The van der Waals surface area contributed by atoms with Gasteiger partial charge >= 0.3 is 11.9 Å². The average molecular weight is 941 g/mol. The number of ether oxygens (including phenoxy) is 5. The Labute approximate surface area is 386 Å². The number of esters is 1. The van der Waals surface area contributed by atoms with Gasteiger partial charge in [-0.25, -0.2) is 4.79 Å². The normalized spacial score (nSPS) is 54.5. The average Bonchev–Trinajstić information content (AvgIpc) is 3.67. The van der Waals surface area contributed by atoms with E-state index in [0.717, 1.165) is 50.5 Å². The molecule has 5 saturated carbocycles. The molecule has 0 aromatic carbocycles. The lowest BCUT2D eigenvalue weighted by Gasteiger charge is -2.73. The van der Waals surface area contributed by atoms with Crippen molar-refractivity contribution in [3.05, 3.63) is 12.2 Å². The zero-order valence-corrected chi connectivity index (χ0v) is 39.1. The number of carbonyl (C=O) groups excluding carboxylic acids is 1. The zero-order chi connectivity index (χ0) is 48.4. The lowest BCUT2D eigenvalue weighted by molar-refractivity contribution is -0.348. The van der Waals surface area contributed by atoms with Crippen LogP contribution in [0.15, 0.2) is 12.2 Å². The number of hydrogen-bond donors (Lipinski definition) is 11. The summed E-state index contributed by atoms with van der Waals surface area (Å²) in [6, 6.07) is 0. The van der Waals surface area contributed by atoms with E-state index in [0.29, 0.717) is 19.3 Å². The molecule has 3 heterocycles. The molecule has 0 unspecified atom stereocenters. The summed E-state index contributed by atoms with van der Waals surface area (Å²) in [6.07, 6.45) is -16.8. The summed E-state index contributed by atoms with van der Waals surface area (Å²) in [5, 5.41) is 116. The van der Waals surface area contributed by atoms with Crippen molar-refractivity contribution in [1.82, 2.24) is 0 Å². The molecule has 3 aliphatic heterocycles. The molecule has 8 fully saturated rings. The second-order valence-corrected chi connectivity index (χ2v) is 23.0. The van der Waals surface area contributed by atoms with Gasteiger partial charge in [0.25, 0.3) is 0 Å². The highest BCUT2D eigenvalue weighted by Crippen LogP contribution is 2.78. The summed E-state index contributed by atoms with van der Waals surface area (Å²) in [5.41, 5.74) is -1.08. The van der Waals surface area contributed by atoms with Crippen LogP contribution in [0.5, 0.6) is 0 Å². The molecule has 3 saturated heterocycles. The fourth-order valence-electron chi connectivity index (χ4n) is 16.4. The molecule has 0 bridgehead atoms. The van der Waals surface area contributed by atoms with Crippen LogP contribution < -0.4 is 0 Å². The van der Waals surface area contributed by atoms with E-state index in [2.05, 4.69) is 41.2 Å². The molecule has 0 amide bonds. The minimum absolute atomic E-state index is 0.0376. The number of hydrogen-bond acceptors (Lipinski definition) is 17. The molecular weight excluding hydrogens is 865 g/mol. The first-order valence-corrected chi connectivity index (χ1v) is 24.2. The number of fused-ring (bicyclic) bond motifs is 7. The van der Waals surface area contributed by atoms with E-state index in [-0.39, 0.29) is 45.8 Å². The third-order valence-corrected chi connectivity index (χ3v) is 20.1. The lowest BCUT2D eigenvalue weighted by Crippen LogP contribution is -2.69. The lowest BCUT2D eigenvalue weighted by atomic mass is 9.31. The number of carbonyl (C=O) groups is 2. The summed E-state index contributed by atoms with van der Waals surface area (Å²) in [7, 11) is 0. The minimum Gasteiger partial charge on any atom is -0.479 e. The Kier molecular flexibility index (Phi) is 13.6. The molecule has 18 nitrogen and oxygen atoms in total. The SMILES string of the molecule is C=C(C)[C@@H]1CC[C@]2(C(=O)O[C@@H]3O[C@H](CO)[C@@H](O)[C@H](O)[C@H]3O)CC[C@]3(C)[C@H](CC[C@@H]4[C@@]5(C)CC[C@H]([C@@H]6O[C@H](C(=O)O)[C@@H](O)[C@H](O)[C@H]6O[C@@H]6O[C@H](CO)[C@@H](O)[C@H](O)[C@H]6O)C(C)(C)[C@@H]5CC[C@]43C)[C@@H]12. The highest BCUT2D eigenvalue weighted by atomic mass is 16.7. The summed E-state index contributed by atoms with van der Waals surface area (Å²) in [4.78, 5) is 27.2. The van der Waals surface area contributed by atoms with Crippen molar-refractivity contribution in [2.75, 3.05) is 13.2 Å². The molecule has 8 rings (SSSR count). The summed E-state index contributed by atoms with van der Waals surface area (Å²) in [6.45, 7) is 16.6. The van der Waals surface area contributed by atoms with Crippen LogP contribution in [0.4, 0.5) is 0 Å². The largest absolute Gasteiger partial charge is 0.479 e. The Morgan fingerprint density at radius 3 is 1.82 bits per heavy atom. The van der Waals surface area contributed by atoms with Crippen molar-refractivity contribution in [2.45, 2.75) is 198 Å². The molecule has 0 radical (unpaired) electrons. The predicted octanol–water partition coefficient (Wildman–Crippen LogP) is 0.362. The van der Waals surface area contributed by atoms with Gasteiger partial charge in [-0.3, -0.25) is 4.79 Å². The standard InChI is InChI=1S/C48H76O18/c1-20(2)21-10-15-48(43(61)66-42-36(58)32(54)30(52)25(19-50)63-42)17-16-46(6)22(28(21)48)8-9-27-45(5)13-11-23(44(3,4)26(45)12-14-47(27,46)7)37-38(33(55)34(56)39(64-37)40(59)60)65-41-35(57)31(53)29(51)24(18-49)62-41/h21-39,41-42,49-58H,1,8-19H2,2-7H3,(H,59,60)/t21-,22+,23+,24+,25+,26-,27+,28+,29+,30+,31-,32-,33-,34-,35+,36+,37-,38+,39-,41-,42-,45-,46+,47+,48-/m0/s1. The number of aliphatic hydroxyl groups is 10. The van der Waals surface area contributed by atoms with Gasteiger partial charge in [-0.1, -0.05) is 46.8 Å². The van der Waals surface area contributed by atoms with Crippen LogP contribution in [-0.4, -0.2) is 173 Å². The Morgan fingerprint density at radius 1 is 0.621 bits per heavy atom. The topological polar surface area (TPSA) is 303 Å². The first-order chi connectivity index (χ1) is 30.9. The fourth-order valence-corrected chi connectivity index (χ4v) is 16.4. The van der Waals surface area contributed by atoms with E-state index < -0.39 is 134 Å². The Hall–Kier alpha value is -1.88. The van der Waals surface area contributed by atoms with Gasteiger partial charge in [0.15, 0.2) is 12.4 Å². The second-order valence-electron chi connectivity index (χ2n) is 23.0. The van der Waals surface area contributed by atoms with Gasteiger partial charge < -0.3 is 79.9 Å². The number of carboxylic acid groups (broad SMARTS) is 1. The van der Waals surface area contributed by atoms with Gasteiger partial charge in [0.1, 0.15) is 67.1 Å². The Morgan fingerprint density at radius 2 is 1.23 bits per heavy atom. The summed E-state index contributed by atoms with van der Waals surface area (Å²) >= 11 is 0. The van der Waals surface area contributed by atoms with Crippen molar-refractivity contribution in [3.63, 3.8) is 0 Å². The van der Waals surface area contributed by atoms with E-state index in [1.165, 1.54) is 0 Å². The molecule has 18 heteroatoms. The molecular formula is C48H76O18. The maximum absolute atomic E-state index is 14.7. The van der Waals surface area contributed by atoms with E-state index in [4.69, 9.17) is 23.7 Å². The Balaban J connectivity index is 1.07. The summed E-state index contributed by atoms with van der Waals surface area (Å²) < 4.78 is 29.7.